The molecule has 0 bridgehead atoms. The molecule has 0 amide bonds. The van der Waals surface area contributed by atoms with E-state index in [0.29, 0.717) is 18.3 Å². The lowest BCUT2D eigenvalue weighted by molar-refractivity contribution is 0.0642. The summed E-state index contributed by atoms with van der Waals surface area (Å²) in [6.45, 7) is 2.70. The molecular formula is C20H31N3O3. The fraction of sp³-hybridized carbons (Fsp3) is 0.800. The second kappa shape index (κ2) is 8.30. The Balaban J connectivity index is 1.41. The van der Waals surface area contributed by atoms with E-state index >= 15 is 0 Å². The fourth-order valence-electron chi connectivity index (χ4n) is 4.55. The summed E-state index contributed by atoms with van der Waals surface area (Å²) in [5, 5.41) is 24.0. The highest BCUT2D eigenvalue weighted by Gasteiger charge is 2.42. The van der Waals surface area contributed by atoms with E-state index in [-0.39, 0.29) is 24.5 Å². The van der Waals surface area contributed by atoms with Crippen LogP contribution in [-0.2, 0) is 11.2 Å². The smallest absolute Gasteiger partial charge is 0.131 e. The number of aromatic nitrogens is 2. The lowest BCUT2D eigenvalue weighted by atomic mass is 9.88. The molecule has 2 saturated carbocycles. The van der Waals surface area contributed by atoms with Gasteiger partial charge in [0.1, 0.15) is 5.82 Å². The summed E-state index contributed by atoms with van der Waals surface area (Å²) in [6.07, 6.45) is 7.51. The number of aliphatic hydroxyl groups excluding tert-OH is 2. The largest absolute Gasteiger partial charge is 0.396 e. The standard InChI is InChI=1S/C20H31N3O3/c24-12-17-16(9-15-3-6-21-20(23-15)14-1-2-14)18(10-19(17)25)22-11-13-4-7-26-8-5-13/h3,6,13-14,16-19,22,24-25H,1-2,4-5,7-12H2/t16-,17-,18-,19-/m1/s1. The lowest BCUT2D eigenvalue weighted by Gasteiger charge is -2.28. The van der Waals surface area contributed by atoms with Crippen LogP contribution < -0.4 is 5.32 Å². The molecule has 3 aliphatic rings. The SMILES string of the molecule is OC[C@@H]1[C@@H](Cc2ccnc(C3CC3)n2)[C@H](NCC2CCOCC2)C[C@H]1O. The quantitative estimate of drug-likeness (QED) is 0.678. The number of aliphatic hydroxyl groups is 2. The molecule has 144 valence electrons. The number of ether oxygens (including phenoxy) is 1. The summed E-state index contributed by atoms with van der Waals surface area (Å²) in [6, 6.07) is 2.21. The Hall–Kier alpha value is -1.08. The zero-order valence-electron chi connectivity index (χ0n) is 15.4. The van der Waals surface area contributed by atoms with Crippen molar-refractivity contribution in [2.24, 2.45) is 17.8 Å². The number of nitrogens with zero attached hydrogens (tertiary/aromatic N) is 2. The zero-order chi connectivity index (χ0) is 17.9. The van der Waals surface area contributed by atoms with Crippen molar-refractivity contribution in [3.8, 4) is 0 Å². The minimum absolute atomic E-state index is 0.0296. The molecule has 26 heavy (non-hydrogen) atoms. The molecule has 0 radical (unpaired) electrons. The summed E-state index contributed by atoms with van der Waals surface area (Å²) in [4.78, 5) is 9.17. The van der Waals surface area contributed by atoms with Gasteiger partial charge in [-0.25, -0.2) is 9.97 Å². The van der Waals surface area contributed by atoms with Crippen molar-refractivity contribution in [3.05, 3.63) is 23.8 Å². The minimum Gasteiger partial charge on any atom is -0.396 e. The molecule has 2 heterocycles. The van der Waals surface area contributed by atoms with Gasteiger partial charge in [0.15, 0.2) is 0 Å². The Labute approximate surface area is 155 Å². The molecule has 6 heteroatoms. The van der Waals surface area contributed by atoms with Gasteiger partial charge >= 0.3 is 0 Å². The predicted molar refractivity (Wildman–Crippen MR) is 97.7 cm³/mol. The maximum Gasteiger partial charge on any atom is 0.131 e. The number of hydrogen-bond acceptors (Lipinski definition) is 6. The predicted octanol–water partition coefficient (Wildman–Crippen LogP) is 1.27. The third-order valence-electron chi connectivity index (χ3n) is 6.40. The first-order chi connectivity index (χ1) is 12.7. The number of hydrogen-bond donors (Lipinski definition) is 3. The van der Waals surface area contributed by atoms with Crippen molar-refractivity contribution in [3.63, 3.8) is 0 Å². The highest BCUT2D eigenvalue weighted by Crippen LogP contribution is 2.39. The molecule has 1 aromatic rings. The van der Waals surface area contributed by atoms with E-state index in [1.54, 1.807) is 0 Å². The van der Waals surface area contributed by atoms with Crippen LogP contribution >= 0.6 is 0 Å². The Morgan fingerprint density at radius 2 is 1.96 bits per heavy atom. The number of rotatable bonds is 7. The van der Waals surface area contributed by atoms with Gasteiger partial charge in [0, 0.05) is 49.6 Å². The Morgan fingerprint density at radius 3 is 2.69 bits per heavy atom. The normalized spacial score (nSPS) is 32.8. The Kier molecular flexibility index (Phi) is 5.84. The van der Waals surface area contributed by atoms with Gasteiger partial charge in [-0.15, -0.1) is 0 Å². The monoisotopic (exact) mass is 361 g/mol. The van der Waals surface area contributed by atoms with Crippen LogP contribution in [0.1, 0.15) is 49.5 Å². The van der Waals surface area contributed by atoms with Crippen LogP contribution in [0.25, 0.3) is 0 Å². The maximum atomic E-state index is 10.4. The third kappa shape index (κ3) is 4.25. The first kappa shape index (κ1) is 18.3. The summed E-state index contributed by atoms with van der Waals surface area (Å²) in [5.74, 6) is 2.28. The van der Waals surface area contributed by atoms with Gasteiger partial charge in [-0.05, 0) is 63.0 Å². The van der Waals surface area contributed by atoms with Gasteiger partial charge in [0.25, 0.3) is 0 Å². The van der Waals surface area contributed by atoms with Crippen LogP contribution in [0.15, 0.2) is 12.3 Å². The van der Waals surface area contributed by atoms with E-state index in [0.717, 1.165) is 50.5 Å². The van der Waals surface area contributed by atoms with E-state index in [2.05, 4.69) is 10.3 Å². The van der Waals surface area contributed by atoms with Crippen LogP contribution in [0.5, 0.6) is 0 Å². The maximum absolute atomic E-state index is 10.4. The van der Waals surface area contributed by atoms with Crippen molar-refractivity contribution >= 4 is 0 Å². The molecule has 0 aromatic carbocycles. The zero-order valence-corrected chi connectivity index (χ0v) is 15.4. The van der Waals surface area contributed by atoms with Gasteiger partial charge in [-0.1, -0.05) is 0 Å². The molecule has 1 aliphatic heterocycles. The second-order valence-electron chi connectivity index (χ2n) is 8.27. The molecule has 6 nitrogen and oxygen atoms in total. The van der Waals surface area contributed by atoms with Gasteiger partial charge in [0.05, 0.1) is 6.10 Å². The molecule has 0 unspecified atom stereocenters. The van der Waals surface area contributed by atoms with E-state index in [4.69, 9.17) is 9.72 Å². The molecule has 3 N–H and O–H groups in total. The topological polar surface area (TPSA) is 87.5 Å². The minimum atomic E-state index is -0.443. The average Bonchev–Trinajstić information content (AvgIpc) is 3.47. The summed E-state index contributed by atoms with van der Waals surface area (Å²) >= 11 is 0. The van der Waals surface area contributed by atoms with Crippen LogP contribution in [0.3, 0.4) is 0 Å². The molecule has 0 spiro atoms. The van der Waals surface area contributed by atoms with Crippen molar-refractivity contribution in [2.75, 3.05) is 26.4 Å². The molecule has 1 aromatic heterocycles. The molecule has 4 rings (SSSR count). The first-order valence-corrected chi connectivity index (χ1v) is 10.2. The summed E-state index contributed by atoms with van der Waals surface area (Å²) < 4.78 is 5.44. The summed E-state index contributed by atoms with van der Waals surface area (Å²) in [7, 11) is 0. The second-order valence-corrected chi connectivity index (χ2v) is 8.27. The van der Waals surface area contributed by atoms with Gasteiger partial charge in [-0.3, -0.25) is 0 Å². The highest BCUT2D eigenvalue weighted by molar-refractivity contribution is 5.12. The van der Waals surface area contributed by atoms with Gasteiger partial charge in [0.2, 0.25) is 0 Å². The Bertz CT molecular complexity index is 589. The van der Waals surface area contributed by atoms with E-state index in [9.17, 15) is 10.2 Å². The van der Waals surface area contributed by atoms with Crippen molar-refractivity contribution < 1.29 is 14.9 Å². The first-order valence-electron chi connectivity index (χ1n) is 10.2. The molecule has 4 atom stereocenters. The molecule has 1 saturated heterocycles. The van der Waals surface area contributed by atoms with Gasteiger partial charge < -0.3 is 20.3 Å². The van der Waals surface area contributed by atoms with Crippen LogP contribution in [0.2, 0.25) is 0 Å². The van der Waals surface area contributed by atoms with Crippen molar-refractivity contribution in [2.45, 2.75) is 56.6 Å². The summed E-state index contributed by atoms with van der Waals surface area (Å²) in [5.41, 5.74) is 1.04. The fourth-order valence-corrected chi connectivity index (χ4v) is 4.55. The Morgan fingerprint density at radius 1 is 1.15 bits per heavy atom. The van der Waals surface area contributed by atoms with E-state index in [1.165, 1.54) is 12.8 Å². The average molecular weight is 361 g/mol. The van der Waals surface area contributed by atoms with Crippen LogP contribution in [0.4, 0.5) is 0 Å². The van der Waals surface area contributed by atoms with Crippen LogP contribution in [-0.4, -0.2) is 58.7 Å². The number of nitrogens with one attached hydrogen (secondary N) is 1. The lowest BCUT2D eigenvalue weighted by Crippen LogP contribution is -2.40. The molecule has 3 fully saturated rings. The third-order valence-corrected chi connectivity index (χ3v) is 6.40. The van der Waals surface area contributed by atoms with E-state index < -0.39 is 6.10 Å². The highest BCUT2D eigenvalue weighted by atomic mass is 16.5. The van der Waals surface area contributed by atoms with Crippen molar-refractivity contribution in [1.29, 1.82) is 0 Å². The van der Waals surface area contributed by atoms with Crippen molar-refractivity contribution in [1.82, 2.24) is 15.3 Å². The van der Waals surface area contributed by atoms with E-state index in [1.807, 2.05) is 12.3 Å². The van der Waals surface area contributed by atoms with Crippen LogP contribution in [0, 0.1) is 17.8 Å². The van der Waals surface area contributed by atoms with Gasteiger partial charge in [-0.2, -0.15) is 0 Å². The molecular weight excluding hydrogens is 330 g/mol. The molecule has 2 aliphatic carbocycles.